The van der Waals surface area contributed by atoms with E-state index in [1.807, 2.05) is 36.7 Å². The molecule has 0 saturated carbocycles. The Balaban J connectivity index is 0.00000272. The van der Waals surface area contributed by atoms with Crippen molar-refractivity contribution in [3.63, 3.8) is 0 Å². The largest absolute Gasteiger partial charge is 0.459 e. The van der Waals surface area contributed by atoms with Gasteiger partial charge in [-0.25, -0.2) is 9.98 Å². The van der Waals surface area contributed by atoms with Gasteiger partial charge in [-0.2, -0.15) is 0 Å². The average Bonchev–Trinajstić information content (AvgIpc) is 3.39. The third kappa shape index (κ3) is 5.88. The van der Waals surface area contributed by atoms with E-state index in [9.17, 15) is 0 Å². The Hall–Kier alpha value is -2.81. The van der Waals surface area contributed by atoms with E-state index in [1.54, 1.807) is 0 Å². The van der Waals surface area contributed by atoms with Gasteiger partial charge in [-0.05, 0) is 31.5 Å². The molecule has 6 nitrogen and oxygen atoms in total. The second-order valence-electron chi connectivity index (χ2n) is 7.20. The molecule has 31 heavy (non-hydrogen) atoms. The highest BCUT2D eigenvalue weighted by Crippen LogP contribution is 2.23. The number of guanidine groups is 1. The summed E-state index contributed by atoms with van der Waals surface area (Å²) >= 11 is 0. The first kappa shape index (κ1) is 22.9. The third-order valence-corrected chi connectivity index (χ3v) is 4.94. The molecule has 2 aromatic heterocycles. The Morgan fingerprint density at radius 3 is 2.68 bits per heavy atom. The van der Waals surface area contributed by atoms with Crippen LogP contribution in [-0.2, 0) is 13.1 Å². The number of halogens is 1. The van der Waals surface area contributed by atoms with E-state index in [0.717, 1.165) is 41.6 Å². The minimum atomic E-state index is -0.0146. The van der Waals surface area contributed by atoms with Gasteiger partial charge >= 0.3 is 0 Å². The lowest BCUT2D eigenvalue weighted by Crippen LogP contribution is -2.38. The molecule has 162 valence electrons. The van der Waals surface area contributed by atoms with Crippen molar-refractivity contribution in [1.29, 1.82) is 0 Å². The maximum absolute atomic E-state index is 5.98. The second kappa shape index (κ2) is 11.0. The van der Waals surface area contributed by atoms with Crippen LogP contribution in [0.25, 0.3) is 11.0 Å². The Kier molecular flexibility index (Phi) is 8.11. The van der Waals surface area contributed by atoms with Gasteiger partial charge in [0.1, 0.15) is 23.7 Å². The summed E-state index contributed by atoms with van der Waals surface area (Å²) in [7, 11) is 0. The zero-order chi connectivity index (χ0) is 20.8. The van der Waals surface area contributed by atoms with Crippen molar-refractivity contribution in [3.8, 4) is 0 Å². The monoisotopic (exact) mass is 529 g/mol. The van der Waals surface area contributed by atoms with Crippen LogP contribution in [0.3, 0.4) is 0 Å². The van der Waals surface area contributed by atoms with Crippen LogP contribution < -0.4 is 10.6 Å². The van der Waals surface area contributed by atoms with Crippen LogP contribution in [0.2, 0.25) is 0 Å². The number of para-hydroxylation sites is 1. The van der Waals surface area contributed by atoms with Crippen molar-refractivity contribution in [3.05, 3.63) is 90.2 Å². The standard InChI is InChI=1S/C24H27N5O.HI/c1-3-25-24(28-18(2)22-15-20-11-7-8-12-21(20)30-22)27-16-23-26-13-14-29(23)17-19-9-5-4-6-10-19;/h4-15,18H,3,16-17H2,1-2H3,(H2,25,27,28);1H. The fourth-order valence-corrected chi connectivity index (χ4v) is 3.38. The number of aromatic nitrogens is 2. The molecule has 2 heterocycles. The number of rotatable bonds is 7. The van der Waals surface area contributed by atoms with Gasteiger partial charge in [0, 0.05) is 30.9 Å². The predicted octanol–water partition coefficient (Wildman–Crippen LogP) is 5.11. The Bertz CT molecular complexity index is 1090. The number of hydrogen-bond acceptors (Lipinski definition) is 3. The molecule has 0 aliphatic carbocycles. The zero-order valence-electron chi connectivity index (χ0n) is 17.8. The van der Waals surface area contributed by atoms with Gasteiger partial charge in [-0.3, -0.25) is 0 Å². The number of fused-ring (bicyclic) bond motifs is 1. The summed E-state index contributed by atoms with van der Waals surface area (Å²) in [5.74, 6) is 2.54. The molecular formula is C24H28IN5O. The SMILES string of the molecule is CCNC(=NCc1nccn1Cc1ccccc1)NC(C)c1cc2ccccc2o1.I. The minimum Gasteiger partial charge on any atom is -0.459 e. The molecule has 0 saturated heterocycles. The molecule has 0 radical (unpaired) electrons. The van der Waals surface area contributed by atoms with Gasteiger partial charge in [-0.15, -0.1) is 24.0 Å². The molecule has 4 aromatic rings. The Morgan fingerprint density at radius 2 is 1.90 bits per heavy atom. The van der Waals surface area contributed by atoms with Crippen LogP contribution in [0.4, 0.5) is 0 Å². The molecule has 2 N–H and O–H groups in total. The first-order valence-electron chi connectivity index (χ1n) is 10.3. The Labute approximate surface area is 199 Å². The highest BCUT2D eigenvalue weighted by Gasteiger charge is 2.13. The molecule has 2 aromatic carbocycles. The van der Waals surface area contributed by atoms with Gasteiger partial charge < -0.3 is 19.6 Å². The summed E-state index contributed by atoms with van der Waals surface area (Å²) in [5.41, 5.74) is 2.13. The zero-order valence-corrected chi connectivity index (χ0v) is 20.1. The summed E-state index contributed by atoms with van der Waals surface area (Å²) in [6, 6.07) is 20.5. The highest BCUT2D eigenvalue weighted by atomic mass is 127. The number of nitrogens with one attached hydrogen (secondary N) is 2. The Morgan fingerprint density at radius 1 is 1.13 bits per heavy atom. The smallest absolute Gasteiger partial charge is 0.192 e. The summed E-state index contributed by atoms with van der Waals surface area (Å²) < 4.78 is 8.11. The van der Waals surface area contributed by atoms with Crippen LogP contribution in [0.5, 0.6) is 0 Å². The molecule has 0 fully saturated rings. The van der Waals surface area contributed by atoms with E-state index < -0.39 is 0 Å². The van der Waals surface area contributed by atoms with E-state index >= 15 is 0 Å². The van der Waals surface area contributed by atoms with Crippen molar-refractivity contribution in [2.75, 3.05) is 6.54 Å². The first-order chi connectivity index (χ1) is 14.7. The predicted molar refractivity (Wildman–Crippen MR) is 136 cm³/mol. The van der Waals surface area contributed by atoms with Crippen molar-refractivity contribution in [2.45, 2.75) is 33.0 Å². The van der Waals surface area contributed by atoms with Crippen molar-refractivity contribution >= 4 is 40.9 Å². The number of benzene rings is 2. The van der Waals surface area contributed by atoms with Gasteiger partial charge in [0.15, 0.2) is 5.96 Å². The number of nitrogens with zero attached hydrogens (tertiary/aromatic N) is 3. The minimum absolute atomic E-state index is 0. The topological polar surface area (TPSA) is 67.4 Å². The van der Waals surface area contributed by atoms with E-state index in [1.165, 1.54) is 5.56 Å². The molecular weight excluding hydrogens is 501 g/mol. The van der Waals surface area contributed by atoms with E-state index in [4.69, 9.17) is 9.41 Å². The van der Waals surface area contributed by atoms with Gasteiger partial charge in [0.2, 0.25) is 0 Å². The van der Waals surface area contributed by atoms with Crippen LogP contribution in [0.1, 0.15) is 37.0 Å². The van der Waals surface area contributed by atoms with Crippen LogP contribution in [-0.4, -0.2) is 22.1 Å². The summed E-state index contributed by atoms with van der Waals surface area (Å²) in [6.07, 6.45) is 3.82. The summed E-state index contributed by atoms with van der Waals surface area (Å²) in [6.45, 7) is 6.17. The summed E-state index contributed by atoms with van der Waals surface area (Å²) in [5, 5.41) is 7.85. The number of furan rings is 1. The van der Waals surface area contributed by atoms with Crippen molar-refractivity contribution in [2.24, 2.45) is 4.99 Å². The second-order valence-corrected chi connectivity index (χ2v) is 7.20. The number of aliphatic imine (C=N–C) groups is 1. The van der Waals surface area contributed by atoms with E-state index in [-0.39, 0.29) is 30.0 Å². The van der Waals surface area contributed by atoms with Crippen LogP contribution >= 0.6 is 24.0 Å². The first-order valence-corrected chi connectivity index (χ1v) is 10.3. The fraction of sp³-hybridized carbons (Fsp3) is 0.250. The molecule has 0 bridgehead atoms. The van der Waals surface area contributed by atoms with Crippen molar-refractivity contribution in [1.82, 2.24) is 20.2 Å². The molecule has 1 atom stereocenters. The molecule has 7 heteroatoms. The maximum Gasteiger partial charge on any atom is 0.192 e. The molecule has 0 amide bonds. The third-order valence-electron chi connectivity index (χ3n) is 4.94. The average molecular weight is 529 g/mol. The maximum atomic E-state index is 5.98. The van der Waals surface area contributed by atoms with Crippen LogP contribution in [0.15, 0.2) is 82.5 Å². The lowest BCUT2D eigenvalue weighted by molar-refractivity contribution is 0.488. The molecule has 4 rings (SSSR count). The molecule has 0 aliphatic heterocycles. The lowest BCUT2D eigenvalue weighted by atomic mass is 10.2. The molecule has 1 unspecified atom stereocenters. The molecule has 0 aliphatic rings. The van der Waals surface area contributed by atoms with E-state index in [0.29, 0.717) is 6.54 Å². The van der Waals surface area contributed by atoms with Gasteiger partial charge in [0.25, 0.3) is 0 Å². The normalized spacial score (nSPS) is 12.4. The number of imidazole rings is 1. The lowest BCUT2D eigenvalue weighted by Gasteiger charge is -2.16. The molecule has 0 spiro atoms. The van der Waals surface area contributed by atoms with Crippen molar-refractivity contribution < 1.29 is 4.42 Å². The van der Waals surface area contributed by atoms with Gasteiger partial charge in [-0.1, -0.05) is 48.5 Å². The number of hydrogen-bond donors (Lipinski definition) is 2. The van der Waals surface area contributed by atoms with Crippen LogP contribution in [0, 0.1) is 0 Å². The van der Waals surface area contributed by atoms with Gasteiger partial charge in [0.05, 0.1) is 6.04 Å². The highest BCUT2D eigenvalue weighted by molar-refractivity contribution is 14.0. The fourth-order valence-electron chi connectivity index (χ4n) is 3.38. The van der Waals surface area contributed by atoms with E-state index in [2.05, 4.69) is 70.4 Å². The summed E-state index contributed by atoms with van der Waals surface area (Å²) in [4.78, 5) is 9.24. The quantitative estimate of drug-likeness (QED) is 0.198.